The van der Waals surface area contributed by atoms with Crippen LogP contribution in [-0.2, 0) is 0 Å². The second kappa shape index (κ2) is 10.9. The lowest BCUT2D eigenvalue weighted by Crippen LogP contribution is -3.00. The highest BCUT2D eigenvalue weighted by molar-refractivity contribution is 7.18. The van der Waals surface area contributed by atoms with Crippen LogP contribution < -0.4 is 23.0 Å². The Bertz CT molecular complexity index is 1150. The van der Waals surface area contributed by atoms with E-state index in [-0.39, 0.29) is 45.9 Å². The first-order valence-electron chi connectivity index (χ1n) is 10.4. The molecule has 1 aliphatic carbocycles. The Balaban J connectivity index is 0.00000306. The smallest absolute Gasteiger partial charge is 0.348 e. The third kappa shape index (κ3) is 5.36. The van der Waals surface area contributed by atoms with Crippen molar-refractivity contribution in [3.8, 4) is 10.4 Å². The number of amides is 1. The van der Waals surface area contributed by atoms with E-state index in [1.54, 1.807) is 23.1 Å². The van der Waals surface area contributed by atoms with Gasteiger partial charge in [0.25, 0.3) is 5.91 Å². The van der Waals surface area contributed by atoms with Crippen LogP contribution in [0.25, 0.3) is 10.4 Å². The van der Waals surface area contributed by atoms with Gasteiger partial charge in [0.2, 0.25) is 0 Å². The van der Waals surface area contributed by atoms with Crippen molar-refractivity contribution in [2.75, 3.05) is 4.90 Å². The third-order valence-electron chi connectivity index (χ3n) is 5.81. The Morgan fingerprint density at radius 3 is 2.36 bits per heavy atom. The van der Waals surface area contributed by atoms with Crippen LogP contribution in [0.5, 0.6) is 0 Å². The summed E-state index contributed by atoms with van der Waals surface area (Å²) in [6, 6.07) is 15.8. The number of thiophene rings is 1. The minimum atomic E-state index is -1.07. The van der Waals surface area contributed by atoms with Gasteiger partial charge >= 0.3 is 5.97 Å². The Labute approximate surface area is 212 Å². The number of benzene rings is 2. The van der Waals surface area contributed by atoms with Crippen molar-refractivity contribution in [1.82, 2.24) is 0 Å². The molecule has 3 aromatic rings. The molecular weight excluding hydrogens is 503 g/mol. The lowest BCUT2D eigenvalue weighted by Gasteiger charge is -2.36. The van der Waals surface area contributed by atoms with Gasteiger partial charge in [-0.3, -0.25) is 9.69 Å². The van der Waals surface area contributed by atoms with Gasteiger partial charge in [0.1, 0.15) is 10.9 Å². The fraction of sp³-hybridized carbons (Fsp3) is 0.250. The Morgan fingerprint density at radius 2 is 1.73 bits per heavy atom. The average molecular weight is 526 g/mol. The van der Waals surface area contributed by atoms with Crippen molar-refractivity contribution in [2.24, 2.45) is 0 Å². The zero-order valence-corrected chi connectivity index (χ0v) is 20.7. The molecule has 2 atom stereocenters. The zero-order chi connectivity index (χ0) is 22.8. The van der Waals surface area contributed by atoms with Gasteiger partial charge in [-0.05, 0) is 42.7 Å². The molecule has 0 radical (unpaired) electrons. The van der Waals surface area contributed by atoms with Crippen molar-refractivity contribution in [1.29, 1.82) is 0 Å². The molecule has 174 valence electrons. The van der Waals surface area contributed by atoms with Crippen LogP contribution >= 0.6 is 34.5 Å². The largest absolute Gasteiger partial charge is 1.00 e. The summed E-state index contributed by atoms with van der Waals surface area (Å²) in [6.45, 7) is 0. The number of quaternary nitrogens is 1. The molecule has 1 saturated carbocycles. The highest BCUT2D eigenvalue weighted by atomic mass is 35.5. The number of carbonyl (C=O) groups is 2. The van der Waals surface area contributed by atoms with Crippen LogP contribution in [0.2, 0.25) is 10.0 Å². The van der Waals surface area contributed by atoms with Gasteiger partial charge in [-0.15, -0.1) is 11.3 Å². The SMILES string of the molecule is [Cl-].[NH3+][C@@H]1CCCC[C@H]1N(C(=O)c1ccc(Cl)cc1Cl)c1cc(-c2ccccc2)sc1C(=O)O. The maximum Gasteiger partial charge on any atom is 0.348 e. The van der Waals surface area contributed by atoms with Crippen molar-refractivity contribution in [3.05, 3.63) is 75.1 Å². The van der Waals surface area contributed by atoms with E-state index < -0.39 is 5.97 Å². The van der Waals surface area contributed by atoms with Crippen LogP contribution in [0, 0.1) is 0 Å². The van der Waals surface area contributed by atoms with Crippen molar-refractivity contribution >= 4 is 52.1 Å². The maximum absolute atomic E-state index is 13.8. The first-order chi connectivity index (χ1) is 15.4. The maximum atomic E-state index is 13.8. The molecule has 1 aromatic heterocycles. The van der Waals surface area contributed by atoms with Gasteiger partial charge in [-0.25, -0.2) is 4.79 Å². The summed E-state index contributed by atoms with van der Waals surface area (Å²) in [4.78, 5) is 28.6. The molecule has 0 aliphatic heterocycles. The van der Waals surface area contributed by atoms with Gasteiger partial charge < -0.3 is 23.2 Å². The fourth-order valence-electron chi connectivity index (χ4n) is 4.22. The summed E-state index contributed by atoms with van der Waals surface area (Å²) in [7, 11) is 0. The Kier molecular flexibility index (Phi) is 8.43. The van der Waals surface area contributed by atoms with Crippen molar-refractivity contribution in [3.63, 3.8) is 0 Å². The van der Waals surface area contributed by atoms with Crippen LogP contribution in [0.3, 0.4) is 0 Å². The Hall–Kier alpha value is -2.09. The minimum absolute atomic E-state index is 0. The van der Waals surface area contributed by atoms with E-state index in [9.17, 15) is 14.7 Å². The first-order valence-corrected chi connectivity index (χ1v) is 12.0. The molecule has 4 rings (SSSR count). The normalized spacial score (nSPS) is 17.8. The van der Waals surface area contributed by atoms with Crippen LogP contribution in [0.1, 0.15) is 45.7 Å². The number of anilines is 1. The average Bonchev–Trinajstić information content (AvgIpc) is 3.21. The highest BCUT2D eigenvalue weighted by Crippen LogP contribution is 2.40. The molecule has 1 amide bonds. The van der Waals surface area contributed by atoms with Crippen molar-refractivity contribution in [2.45, 2.75) is 37.8 Å². The standard InChI is InChI=1S/C24H22Cl2N2O3S.ClH/c25-15-10-11-16(17(26)12-15)23(29)28(19-9-5-4-8-18(19)27)20-13-21(32-22(20)24(30)31)14-6-2-1-3-7-14;/h1-3,6-7,10-13,18-19H,4-5,8-9,27H2,(H,30,31);1H/t18-,19-;/m1./s1. The molecule has 1 heterocycles. The number of rotatable bonds is 5. The number of aromatic carboxylic acids is 1. The van der Waals surface area contributed by atoms with E-state index in [2.05, 4.69) is 5.73 Å². The summed E-state index contributed by atoms with van der Waals surface area (Å²) < 4.78 is 0. The van der Waals surface area contributed by atoms with Gasteiger partial charge in [0.05, 0.1) is 22.3 Å². The summed E-state index contributed by atoms with van der Waals surface area (Å²) >= 11 is 13.6. The summed E-state index contributed by atoms with van der Waals surface area (Å²) in [5.74, 6) is -1.41. The molecule has 0 spiro atoms. The predicted octanol–water partition coefficient (Wildman–Crippen LogP) is 2.62. The molecular formula is C24H23Cl3N2O3S. The molecule has 9 heteroatoms. The third-order valence-corrected chi connectivity index (χ3v) is 7.51. The van der Waals surface area contributed by atoms with E-state index in [0.717, 1.165) is 36.1 Å². The number of hydrogen-bond acceptors (Lipinski definition) is 3. The molecule has 0 bridgehead atoms. The summed E-state index contributed by atoms with van der Waals surface area (Å²) in [5.41, 5.74) is 5.86. The lowest BCUT2D eigenvalue weighted by atomic mass is 9.89. The molecule has 0 saturated heterocycles. The second-order valence-corrected chi connectivity index (χ2v) is 9.80. The van der Waals surface area contributed by atoms with E-state index in [4.69, 9.17) is 23.2 Å². The van der Waals surface area contributed by atoms with E-state index in [1.807, 2.05) is 30.3 Å². The zero-order valence-electron chi connectivity index (χ0n) is 17.6. The van der Waals surface area contributed by atoms with E-state index >= 15 is 0 Å². The van der Waals surface area contributed by atoms with Gasteiger partial charge in [0.15, 0.2) is 0 Å². The van der Waals surface area contributed by atoms with Crippen LogP contribution in [-0.4, -0.2) is 29.1 Å². The molecule has 1 fully saturated rings. The molecule has 4 N–H and O–H groups in total. The van der Waals surface area contributed by atoms with E-state index in [0.29, 0.717) is 10.7 Å². The number of nitrogens with zero attached hydrogens (tertiary/aromatic N) is 1. The Morgan fingerprint density at radius 1 is 1.03 bits per heavy atom. The molecule has 1 aliphatic rings. The van der Waals surface area contributed by atoms with Crippen LogP contribution in [0.4, 0.5) is 5.69 Å². The number of hydrogen-bond donors (Lipinski definition) is 2. The monoisotopic (exact) mass is 524 g/mol. The minimum Gasteiger partial charge on any atom is -1.00 e. The number of carboxylic acid groups (broad SMARTS) is 1. The number of carboxylic acids is 1. The summed E-state index contributed by atoms with van der Waals surface area (Å²) in [6.07, 6.45) is 3.62. The number of carbonyl (C=O) groups excluding carboxylic acids is 1. The topological polar surface area (TPSA) is 85.3 Å². The van der Waals surface area contributed by atoms with Gasteiger partial charge in [0, 0.05) is 16.3 Å². The second-order valence-electron chi connectivity index (χ2n) is 7.91. The highest BCUT2D eigenvalue weighted by Gasteiger charge is 2.38. The molecule has 0 unspecified atom stereocenters. The summed E-state index contributed by atoms with van der Waals surface area (Å²) in [5, 5.41) is 10.7. The predicted molar refractivity (Wildman–Crippen MR) is 129 cm³/mol. The molecule has 33 heavy (non-hydrogen) atoms. The van der Waals surface area contributed by atoms with Crippen LogP contribution in [0.15, 0.2) is 54.6 Å². The fourth-order valence-corrected chi connectivity index (χ4v) is 5.70. The molecule has 5 nitrogen and oxygen atoms in total. The number of halogens is 3. The molecule has 2 aromatic carbocycles. The first kappa shape index (κ1) is 25.5. The van der Waals surface area contributed by atoms with Crippen molar-refractivity contribution < 1.29 is 32.8 Å². The quantitative estimate of drug-likeness (QED) is 0.537. The van der Waals surface area contributed by atoms with Gasteiger partial charge in [-0.2, -0.15) is 0 Å². The lowest BCUT2D eigenvalue weighted by molar-refractivity contribution is -0.428. The van der Waals surface area contributed by atoms with E-state index in [1.165, 1.54) is 17.4 Å². The van der Waals surface area contributed by atoms with Gasteiger partial charge in [-0.1, -0.05) is 60.0 Å².